The fourth-order valence-electron chi connectivity index (χ4n) is 2.23. The summed E-state index contributed by atoms with van der Waals surface area (Å²) in [5, 5.41) is 11.5. The molecule has 0 radical (unpaired) electrons. The number of nitrogens with zero attached hydrogens (tertiary/aromatic N) is 2. The first-order valence-electron chi connectivity index (χ1n) is 8.09. The SMILES string of the molecule is C/C(N)=C(/C#N)C(=O)COC(=O)c1cccnc1Nc1cccc(C(F)(F)F)c1. The van der Waals surface area contributed by atoms with Gasteiger partial charge in [-0.05, 0) is 37.3 Å². The lowest BCUT2D eigenvalue weighted by Crippen LogP contribution is -2.18. The molecule has 1 heterocycles. The molecule has 0 saturated heterocycles. The van der Waals surface area contributed by atoms with Crippen molar-refractivity contribution >= 4 is 23.3 Å². The average molecular weight is 404 g/mol. The predicted octanol–water partition coefficient (Wildman–Crippen LogP) is 3.33. The number of hydrogen-bond acceptors (Lipinski definition) is 7. The van der Waals surface area contributed by atoms with Crippen LogP contribution in [0.4, 0.5) is 24.7 Å². The van der Waals surface area contributed by atoms with Crippen molar-refractivity contribution in [3.8, 4) is 6.07 Å². The number of alkyl halides is 3. The zero-order valence-corrected chi connectivity index (χ0v) is 15.1. The predicted molar refractivity (Wildman–Crippen MR) is 96.8 cm³/mol. The van der Waals surface area contributed by atoms with Gasteiger partial charge in [-0.2, -0.15) is 18.4 Å². The molecule has 0 aliphatic heterocycles. The summed E-state index contributed by atoms with van der Waals surface area (Å²) in [5.41, 5.74) is 4.15. The molecule has 0 saturated carbocycles. The minimum Gasteiger partial charge on any atom is -0.454 e. The molecule has 0 aliphatic rings. The number of Topliss-reactive ketones (excluding diaryl/α,β-unsaturated/α-hetero) is 1. The molecule has 1 aromatic carbocycles. The van der Waals surface area contributed by atoms with Crippen molar-refractivity contribution in [2.45, 2.75) is 13.1 Å². The topological polar surface area (TPSA) is 118 Å². The summed E-state index contributed by atoms with van der Waals surface area (Å²) < 4.78 is 43.5. The van der Waals surface area contributed by atoms with E-state index >= 15 is 0 Å². The quantitative estimate of drug-likeness (QED) is 0.431. The number of halogens is 3. The average Bonchev–Trinajstić information content (AvgIpc) is 2.66. The maximum Gasteiger partial charge on any atom is 0.416 e. The van der Waals surface area contributed by atoms with Crippen molar-refractivity contribution in [1.29, 1.82) is 5.26 Å². The van der Waals surface area contributed by atoms with Crippen molar-refractivity contribution < 1.29 is 27.5 Å². The first kappa shape index (κ1) is 21.4. The Labute approximate surface area is 163 Å². The van der Waals surface area contributed by atoms with Gasteiger partial charge >= 0.3 is 12.1 Å². The van der Waals surface area contributed by atoms with E-state index in [-0.39, 0.29) is 28.3 Å². The van der Waals surface area contributed by atoms with Crippen molar-refractivity contribution in [3.63, 3.8) is 0 Å². The van der Waals surface area contributed by atoms with Gasteiger partial charge in [0.05, 0.1) is 5.56 Å². The highest BCUT2D eigenvalue weighted by Gasteiger charge is 2.30. The molecular formula is C19H15F3N4O3. The van der Waals surface area contributed by atoms with Gasteiger partial charge < -0.3 is 15.8 Å². The number of ether oxygens (including phenoxy) is 1. The van der Waals surface area contributed by atoms with Gasteiger partial charge in [0.1, 0.15) is 23.0 Å². The molecular weight excluding hydrogens is 389 g/mol. The van der Waals surface area contributed by atoms with Crippen LogP contribution in [0.25, 0.3) is 0 Å². The van der Waals surface area contributed by atoms with Gasteiger partial charge in [-0.25, -0.2) is 9.78 Å². The normalized spacial score (nSPS) is 11.8. The zero-order valence-electron chi connectivity index (χ0n) is 15.1. The van der Waals surface area contributed by atoms with E-state index in [0.717, 1.165) is 12.1 Å². The minimum absolute atomic E-state index is 0.0122. The molecule has 0 unspecified atom stereocenters. The standard InChI is InChI=1S/C19H15F3N4O3/c1-11(24)15(9-23)16(27)10-29-18(28)14-6-3-7-25-17(14)26-13-5-2-4-12(8-13)19(20,21)22/h2-8H,10,24H2,1H3,(H,25,26)/b15-11+. The van der Waals surface area contributed by atoms with Crippen LogP contribution in [-0.2, 0) is 15.7 Å². The third-order valence-electron chi connectivity index (χ3n) is 3.60. The van der Waals surface area contributed by atoms with Gasteiger partial charge in [0.15, 0.2) is 6.61 Å². The lowest BCUT2D eigenvalue weighted by atomic mass is 10.1. The van der Waals surface area contributed by atoms with E-state index in [1.165, 1.54) is 37.4 Å². The molecule has 0 fully saturated rings. The summed E-state index contributed by atoms with van der Waals surface area (Å²) in [6.45, 7) is 0.630. The van der Waals surface area contributed by atoms with Crippen LogP contribution >= 0.6 is 0 Å². The smallest absolute Gasteiger partial charge is 0.416 e. The number of hydrogen-bond donors (Lipinski definition) is 2. The molecule has 2 aromatic rings. The van der Waals surface area contributed by atoms with Crippen LogP contribution in [-0.4, -0.2) is 23.3 Å². The molecule has 7 nitrogen and oxygen atoms in total. The van der Waals surface area contributed by atoms with E-state index in [0.29, 0.717) is 0 Å². The van der Waals surface area contributed by atoms with Crippen LogP contribution in [0.15, 0.2) is 53.9 Å². The number of rotatable bonds is 6. The Balaban J connectivity index is 2.19. The van der Waals surface area contributed by atoms with Gasteiger partial charge in [0, 0.05) is 17.6 Å². The lowest BCUT2D eigenvalue weighted by molar-refractivity contribution is -0.137. The number of ketones is 1. The number of allylic oxidation sites excluding steroid dienone is 1. The van der Waals surface area contributed by atoms with Crippen molar-refractivity contribution in [1.82, 2.24) is 4.98 Å². The summed E-state index contributed by atoms with van der Waals surface area (Å²) in [7, 11) is 0. The maximum atomic E-state index is 12.9. The summed E-state index contributed by atoms with van der Waals surface area (Å²) >= 11 is 0. The van der Waals surface area contributed by atoms with Gasteiger partial charge in [0.25, 0.3) is 0 Å². The summed E-state index contributed by atoms with van der Waals surface area (Å²) in [6, 6.07) is 8.71. The number of pyridine rings is 1. The van der Waals surface area contributed by atoms with Gasteiger partial charge in [0.2, 0.25) is 5.78 Å². The minimum atomic E-state index is -4.53. The van der Waals surface area contributed by atoms with Gasteiger partial charge in [-0.15, -0.1) is 0 Å². The summed E-state index contributed by atoms with van der Waals surface area (Å²) in [4.78, 5) is 28.1. The fraction of sp³-hybridized carbons (Fsp3) is 0.158. The van der Waals surface area contributed by atoms with Crippen LogP contribution in [0.3, 0.4) is 0 Å². The molecule has 29 heavy (non-hydrogen) atoms. The van der Waals surface area contributed by atoms with E-state index in [1.54, 1.807) is 6.07 Å². The number of nitriles is 1. The Morgan fingerprint density at radius 2 is 2.00 bits per heavy atom. The molecule has 0 bridgehead atoms. The fourth-order valence-corrected chi connectivity index (χ4v) is 2.23. The highest BCUT2D eigenvalue weighted by molar-refractivity contribution is 6.03. The third-order valence-corrected chi connectivity index (χ3v) is 3.60. The maximum absolute atomic E-state index is 12.9. The van der Waals surface area contributed by atoms with Crippen molar-refractivity contribution in [3.05, 3.63) is 65.0 Å². The van der Waals surface area contributed by atoms with Crippen LogP contribution in [0.1, 0.15) is 22.8 Å². The number of aromatic nitrogens is 1. The molecule has 0 amide bonds. The third kappa shape index (κ3) is 5.55. The van der Waals surface area contributed by atoms with Crippen LogP contribution < -0.4 is 11.1 Å². The second kappa shape index (κ2) is 8.88. The largest absolute Gasteiger partial charge is 0.454 e. The molecule has 150 valence electrons. The van der Waals surface area contributed by atoms with E-state index in [9.17, 15) is 22.8 Å². The van der Waals surface area contributed by atoms with Crippen molar-refractivity contribution in [2.24, 2.45) is 5.73 Å². The first-order valence-corrected chi connectivity index (χ1v) is 8.09. The van der Waals surface area contributed by atoms with Crippen LogP contribution in [0, 0.1) is 11.3 Å². The van der Waals surface area contributed by atoms with Crippen LogP contribution in [0.5, 0.6) is 0 Å². The number of nitrogens with two attached hydrogens (primary N) is 1. The van der Waals surface area contributed by atoms with Crippen LogP contribution in [0.2, 0.25) is 0 Å². The Hall–Kier alpha value is -3.87. The lowest BCUT2D eigenvalue weighted by Gasteiger charge is -2.12. The number of benzene rings is 1. The highest BCUT2D eigenvalue weighted by Crippen LogP contribution is 2.31. The highest BCUT2D eigenvalue weighted by atomic mass is 19.4. The molecule has 2 rings (SSSR count). The van der Waals surface area contributed by atoms with Gasteiger partial charge in [-0.1, -0.05) is 6.07 Å². The first-order chi connectivity index (χ1) is 13.6. The van der Waals surface area contributed by atoms with E-state index < -0.39 is 30.1 Å². The number of esters is 1. The molecule has 0 spiro atoms. The van der Waals surface area contributed by atoms with E-state index in [4.69, 9.17) is 15.7 Å². The summed E-state index contributed by atoms with van der Waals surface area (Å²) in [5.74, 6) is -1.79. The number of carbonyl (C=O) groups excluding carboxylic acids is 2. The van der Waals surface area contributed by atoms with E-state index in [1.807, 2.05) is 0 Å². The Morgan fingerprint density at radius 1 is 1.28 bits per heavy atom. The second-order valence-electron chi connectivity index (χ2n) is 5.77. The molecule has 10 heteroatoms. The molecule has 0 atom stereocenters. The second-order valence-corrected chi connectivity index (χ2v) is 5.77. The van der Waals surface area contributed by atoms with Gasteiger partial charge in [-0.3, -0.25) is 4.79 Å². The monoisotopic (exact) mass is 404 g/mol. The number of carbonyl (C=O) groups is 2. The zero-order chi connectivity index (χ0) is 21.6. The number of nitrogens with one attached hydrogen (secondary N) is 1. The molecule has 1 aromatic heterocycles. The number of anilines is 2. The molecule has 0 aliphatic carbocycles. The van der Waals surface area contributed by atoms with E-state index in [2.05, 4.69) is 10.3 Å². The molecule has 3 N–H and O–H groups in total. The Kier molecular flexibility index (Phi) is 6.56. The Morgan fingerprint density at radius 3 is 2.62 bits per heavy atom. The van der Waals surface area contributed by atoms with Crippen molar-refractivity contribution in [2.75, 3.05) is 11.9 Å². The Bertz CT molecular complexity index is 1010. The summed E-state index contributed by atoms with van der Waals surface area (Å²) in [6.07, 6.45) is -3.21.